The number of esters is 1. The molecule has 0 fully saturated rings. The van der Waals surface area contributed by atoms with Crippen molar-refractivity contribution < 1.29 is 14.6 Å². The number of aromatic hydroxyl groups is 1. The SMILES string of the molecule is CCOC(=O)Cn1c(O)c(C=Nc2cccc(C)c2)sc1=O. The second-order valence-corrected chi connectivity index (χ2v) is 5.54. The summed E-state index contributed by atoms with van der Waals surface area (Å²) in [5.74, 6) is -0.848. The third-order valence-electron chi connectivity index (χ3n) is 2.82. The maximum absolute atomic E-state index is 11.8. The van der Waals surface area contributed by atoms with E-state index in [0.717, 1.165) is 27.2 Å². The predicted molar refractivity (Wildman–Crippen MR) is 85.3 cm³/mol. The Morgan fingerprint density at radius 1 is 1.50 bits per heavy atom. The highest BCUT2D eigenvalue weighted by atomic mass is 32.1. The first kappa shape index (κ1) is 16.0. The highest BCUT2D eigenvalue weighted by molar-refractivity contribution is 7.11. The van der Waals surface area contributed by atoms with Crippen LogP contribution in [0.3, 0.4) is 0 Å². The van der Waals surface area contributed by atoms with Gasteiger partial charge in [0.1, 0.15) is 11.4 Å². The molecule has 2 rings (SSSR count). The average molecular weight is 320 g/mol. The lowest BCUT2D eigenvalue weighted by Gasteiger charge is -2.03. The summed E-state index contributed by atoms with van der Waals surface area (Å²) >= 11 is 0.825. The van der Waals surface area contributed by atoms with Crippen molar-refractivity contribution in [2.45, 2.75) is 20.4 Å². The van der Waals surface area contributed by atoms with Crippen molar-refractivity contribution in [3.8, 4) is 5.88 Å². The van der Waals surface area contributed by atoms with Crippen LogP contribution in [0, 0.1) is 6.92 Å². The molecule has 0 atom stereocenters. The van der Waals surface area contributed by atoms with Gasteiger partial charge in [0.25, 0.3) is 0 Å². The van der Waals surface area contributed by atoms with Gasteiger partial charge >= 0.3 is 10.8 Å². The summed E-state index contributed by atoms with van der Waals surface area (Å²) in [5.41, 5.74) is 1.78. The van der Waals surface area contributed by atoms with E-state index in [2.05, 4.69) is 4.99 Å². The molecular formula is C15H16N2O4S. The molecule has 22 heavy (non-hydrogen) atoms. The predicted octanol–water partition coefficient (Wildman–Crippen LogP) is 2.24. The average Bonchev–Trinajstić information content (AvgIpc) is 2.73. The van der Waals surface area contributed by atoms with Crippen molar-refractivity contribution in [3.63, 3.8) is 0 Å². The number of hydrogen-bond donors (Lipinski definition) is 1. The second-order valence-electron chi connectivity index (χ2n) is 4.54. The number of ether oxygens (including phenoxy) is 1. The topological polar surface area (TPSA) is 80.9 Å². The number of aryl methyl sites for hydroxylation is 1. The molecule has 116 valence electrons. The van der Waals surface area contributed by atoms with E-state index in [1.54, 1.807) is 6.92 Å². The van der Waals surface area contributed by atoms with Crippen molar-refractivity contribution in [3.05, 3.63) is 44.4 Å². The molecule has 2 aromatic rings. The first-order valence-corrected chi connectivity index (χ1v) is 7.52. The molecule has 1 N–H and O–H groups in total. The van der Waals surface area contributed by atoms with E-state index in [0.29, 0.717) is 4.88 Å². The zero-order chi connectivity index (χ0) is 16.1. The van der Waals surface area contributed by atoms with E-state index >= 15 is 0 Å². The number of aliphatic imine (C=N–C) groups is 1. The summed E-state index contributed by atoms with van der Waals surface area (Å²) in [4.78, 5) is 27.3. The lowest BCUT2D eigenvalue weighted by Crippen LogP contribution is -2.20. The smallest absolute Gasteiger partial charge is 0.326 e. The fourth-order valence-corrected chi connectivity index (χ4v) is 2.57. The van der Waals surface area contributed by atoms with Crippen LogP contribution < -0.4 is 4.87 Å². The minimum Gasteiger partial charge on any atom is -0.493 e. The molecule has 0 aliphatic heterocycles. The fourth-order valence-electron chi connectivity index (χ4n) is 1.81. The van der Waals surface area contributed by atoms with Crippen molar-refractivity contribution in [1.82, 2.24) is 4.57 Å². The number of nitrogens with zero attached hydrogens (tertiary/aromatic N) is 2. The van der Waals surface area contributed by atoms with Crippen LogP contribution in [0.2, 0.25) is 0 Å². The Balaban J connectivity index is 2.23. The molecule has 0 bridgehead atoms. The van der Waals surface area contributed by atoms with E-state index in [-0.39, 0.29) is 19.0 Å². The Bertz CT molecular complexity index is 761. The molecule has 0 saturated heterocycles. The number of hydrogen-bond acceptors (Lipinski definition) is 6. The molecule has 0 spiro atoms. The molecule has 0 radical (unpaired) electrons. The maximum atomic E-state index is 11.8. The van der Waals surface area contributed by atoms with Crippen molar-refractivity contribution >= 4 is 29.2 Å². The van der Waals surface area contributed by atoms with Crippen LogP contribution in [-0.4, -0.2) is 28.5 Å². The monoisotopic (exact) mass is 320 g/mol. The normalized spacial score (nSPS) is 11.0. The summed E-state index contributed by atoms with van der Waals surface area (Å²) in [6, 6.07) is 7.52. The minimum absolute atomic E-state index is 0.222. The second kappa shape index (κ2) is 7.04. The van der Waals surface area contributed by atoms with Gasteiger partial charge in [-0.15, -0.1) is 0 Å². The molecule has 0 unspecified atom stereocenters. The summed E-state index contributed by atoms with van der Waals surface area (Å²) < 4.78 is 5.74. The van der Waals surface area contributed by atoms with E-state index in [4.69, 9.17) is 4.74 Å². The Labute approximate surface area is 131 Å². The maximum Gasteiger partial charge on any atom is 0.326 e. The van der Waals surface area contributed by atoms with Gasteiger partial charge in [-0.25, -0.2) is 0 Å². The Hall–Kier alpha value is -2.41. The third-order valence-corrected chi connectivity index (χ3v) is 3.72. The van der Waals surface area contributed by atoms with E-state index in [1.165, 1.54) is 6.21 Å². The van der Waals surface area contributed by atoms with Crippen LogP contribution in [0.15, 0.2) is 34.1 Å². The highest BCUT2D eigenvalue weighted by Gasteiger charge is 2.15. The molecule has 6 nitrogen and oxygen atoms in total. The number of aromatic nitrogens is 1. The van der Waals surface area contributed by atoms with Crippen molar-refractivity contribution in [2.24, 2.45) is 4.99 Å². The van der Waals surface area contributed by atoms with Gasteiger partial charge in [0.05, 0.1) is 18.5 Å². The Morgan fingerprint density at radius 2 is 2.27 bits per heavy atom. The van der Waals surface area contributed by atoms with Crippen LogP contribution in [0.4, 0.5) is 5.69 Å². The molecule has 7 heteroatoms. The van der Waals surface area contributed by atoms with Gasteiger partial charge in [-0.2, -0.15) is 0 Å². The zero-order valence-electron chi connectivity index (χ0n) is 12.3. The van der Waals surface area contributed by atoms with E-state index in [1.807, 2.05) is 31.2 Å². The number of rotatable bonds is 5. The highest BCUT2D eigenvalue weighted by Crippen LogP contribution is 2.20. The molecule has 0 saturated carbocycles. The summed E-state index contributed by atoms with van der Waals surface area (Å²) in [5, 5.41) is 10.0. The largest absolute Gasteiger partial charge is 0.493 e. The van der Waals surface area contributed by atoms with Gasteiger partial charge in [0, 0.05) is 0 Å². The zero-order valence-corrected chi connectivity index (χ0v) is 13.1. The van der Waals surface area contributed by atoms with E-state index in [9.17, 15) is 14.7 Å². The number of carbonyl (C=O) groups is 1. The Kier molecular flexibility index (Phi) is 5.11. The summed E-state index contributed by atoms with van der Waals surface area (Å²) in [7, 11) is 0. The quantitative estimate of drug-likeness (QED) is 0.676. The molecule has 0 amide bonds. The van der Waals surface area contributed by atoms with Crippen LogP contribution in [-0.2, 0) is 16.1 Å². The van der Waals surface area contributed by atoms with Gasteiger partial charge in [-0.05, 0) is 31.5 Å². The summed E-state index contributed by atoms with van der Waals surface area (Å²) in [6.07, 6.45) is 1.41. The van der Waals surface area contributed by atoms with Crippen LogP contribution in [0.25, 0.3) is 0 Å². The first-order valence-electron chi connectivity index (χ1n) is 6.70. The van der Waals surface area contributed by atoms with Gasteiger partial charge in [0.15, 0.2) is 0 Å². The van der Waals surface area contributed by atoms with Crippen LogP contribution in [0.5, 0.6) is 5.88 Å². The van der Waals surface area contributed by atoms with Crippen molar-refractivity contribution in [2.75, 3.05) is 6.61 Å². The molecule has 0 aliphatic rings. The molecule has 1 aromatic heterocycles. The number of thiazole rings is 1. The number of benzene rings is 1. The molecular weight excluding hydrogens is 304 g/mol. The molecule has 0 aliphatic carbocycles. The lowest BCUT2D eigenvalue weighted by atomic mass is 10.2. The van der Waals surface area contributed by atoms with Crippen molar-refractivity contribution in [1.29, 1.82) is 0 Å². The number of carbonyl (C=O) groups excluding carboxylic acids is 1. The Morgan fingerprint density at radius 3 is 2.95 bits per heavy atom. The van der Waals surface area contributed by atoms with Gasteiger partial charge < -0.3 is 9.84 Å². The third kappa shape index (κ3) is 3.82. The van der Waals surface area contributed by atoms with E-state index < -0.39 is 10.8 Å². The first-order chi connectivity index (χ1) is 10.5. The van der Waals surface area contributed by atoms with Crippen LogP contribution in [0.1, 0.15) is 17.4 Å². The van der Waals surface area contributed by atoms with Gasteiger partial charge in [0.2, 0.25) is 5.88 Å². The minimum atomic E-state index is -0.570. The molecule has 1 aromatic carbocycles. The van der Waals surface area contributed by atoms with Gasteiger partial charge in [-0.3, -0.25) is 19.1 Å². The van der Waals surface area contributed by atoms with Gasteiger partial charge in [-0.1, -0.05) is 23.5 Å². The lowest BCUT2D eigenvalue weighted by molar-refractivity contribution is -0.143. The molecule has 1 heterocycles. The summed E-state index contributed by atoms with van der Waals surface area (Å²) in [6.45, 7) is 3.53. The fraction of sp³-hybridized carbons (Fsp3) is 0.267. The van der Waals surface area contributed by atoms with Crippen LogP contribution >= 0.6 is 11.3 Å². The standard InChI is InChI=1S/C15H16N2O4S/c1-3-21-13(18)9-17-14(19)12(22-15(17)20)8-16-11-6-4-5-10(2)7-11/h4-8,19H,3,9H2,1-2H3.